The van der Waals surface area contributed by atoms with Crippen molar-refractivity contribution < 1.29 is 17.9 Å². The Bertz CT molecular complexity index is 838. The monoisotopic (exact) mass is 376 g/mol. The highest BCUT2D eigenvalue weighted by Crippen LogP contribution is 2.20. The molecule has 2 aromatic rings. The maximum absolute atomic E-state index is 12.4. The van der Waals surface area contributed by atoms with Crippen molar-refractivity contribution in [3.8, 4) is 5.75 Å². The van der Waals surface area contributed by atoms with E-state index in [9.17, 15) is 13.2 Å². The number of para-hydroxylation sites is 1. The first kappa shape index (κ1) is 19.8. The maximum Gasteiger partial charge on any atom is 0.243 e. The largest absolute Gasteiger partial charge is 0.492 e. The van der Waals surface area contributed by atoms with Crippen LogP contribution in [0.1, 0.15) is 12.5 Å². The standard InChI is InChI=1S/C19H24N2O4S/c1-15-8-7-11-18(14-15)25-13-12-20-19(22)16(2)21(26(3,23)24)17-9-5-4-6-10-17/h4-11,14,16H,12-13H2,1-3H3,(H,20,22)/t16-/m0/s1. The van der Waals surface area contributed by atoms with Gasteiger partial charge in [-0.2, -0.15) is 0 Å². The van der Waals surface area contributed by atoms with Crippen LogP contribution in [0.5, 0.6) is 5.75 Å². The fourth-order valence-corrected chi connectivity index (χ4v) is 3.75. The average Bonchev–Trinajstić information content (AvgIpc) is 2.58. The van der Waals surface area contributed by atoms with Crippen LogP contribution in [0.4, 0.5) is 5.69 Å². The second kappa shape index (κ2) is 8.71. The normalized spacial score (nSPS) is 12.3. The highest BCUT2D eigenvalue weighted by atomic mass is 32.2. The molecule has 1 N–H and O–H groups in total. The number of sulfonamides is 1. The van der Waals surface area contributed by atoms with Gasteiger partial charge in [-0.1, -0.05) is 30.3 Å². The molecule has 26 heavy (non-hydrogen) atoms. The van der Waals surface area contributed by atoms with Crippen LogP contribution < -0.4 is 14.4 Å². The summed E-state index contributed by atoms with van der Waals surface area (Å²) in [5.41, 5.74) is 1.54. The van der Waals surface area contributed by atoms with E-state index in [1.54, 1.807) is 37.3 Å². The first-order valence-corrected chi connectivity index (χ1v) is 10.2. The van der Waals surface area contributed by atoms with E-state index in [0.717, 1.165) is 21.9 Å². The highest BCUT2D eigenvalue weighted by molar-refractivity contribution is 7.92. The van der Waals surface area contributed by atoms with Crippen LogP contribution in [0.25, 0.3) is 0 Å². The van der Waals surface area contributed by atoms with Gasteiger partial charge in [-0.3, -0.25) is 9.10 Å². The molecule has 0 saturated heterocycles. The second-order valence-electron chi connectivity index (χ2n) is 6.03. The molecule has 0 aliphatic rings. The van der Waals surface area contributed by atoms with Gasteiger partial charge in [0.1, 0.15) is 18.4 Å². The third-order valence-corrected chi connectivity index (χ3v) is 5.00. The van der Waals surface area contributed by atoms with E-state index in [2.05, 4.69) is 5.32 Å². The van der Waals surface area contributed by atoms with Crippen LogP contribution in [0, 0.1) is 6.92 Å². The van der Waals surface area contributed by atoms with Crippen molar-refractivity contribution in [2.24, 2.45) is 0 Å². The van der Waals surface area contributed by atoms with Crippen LogP contribution in [0.3, 0.4) is 0 Å². The molecule has 2 aromatic carbocycles. The van der Waals surface area contributed by atoms with E-state index in [-0.39, 0.29) is 12.5 Å². The van der Waals surface area contributed by atoms with Crippen LogP contribution in [0.15, 0.2) is 54.6 Å². The number of hydrogen-bond acceptors (Lipinski definition) is 4. The van der Waals surface area contributed by atoms with E-state index >= 15 is 0 Å². The van der Waals surface area contributed by atoms with E-state index in [1.807, 2.05) is 31.2 Å². The minimum absolute atomic E-state index is 0.281. The van der Waals surface area contributed by atoms with E-state index in [1.165, 1.54) is 0 Å². The molecule has 0 heterocycles. The third-order valence-electron chi connectivity index (χ3n) is 3.76. The number of rotatable bonds is 8. The number of anilines is 1. The van der Waals surface area contributed by atoms with Crippen molar-refractivity contribution >= 4 is 21.6 Å². The minimum Gasteiger partial charge on any atom is -0.492 e. The molecule has 0 spiro atoms. The summed E-state index contributed by atoms with van der Waals surface area (Å²) in [5.74, 6) is 0.349. The van der Waals surface area contributed by atoms with E-state index in [4.69, 9.17) is 4.74 Å². The number of nitrogens with one attached hydrogen (secondary N) is 1. The van der Waals surface area contributed by atoms with Crippen LogP contribution in [-0.2, 0) is 14.8 Å². The van der Waals surface area contributed by atoms with Crippen molar-refractivity contribution in [1.82, 2.24) is 5.32 Å². The number of ether oxygens (including phenoxy) is 1. The van der Waals surface area contributed by atoms with E-state index in [0.29, 0.717) is 12.3 Å². The molecule has 0 bridgehead atoms. The summed E-state index contributed by atoms with van der Waals surface area (Å²) in [7, 11) is -3.60. The van der Waals surface area contributed by atoms with Crippen LogP contribution in [0.2, 0.25) is 0 Å². The fourth-order valence-electron chi connectivity index (χ4n) is 2.58. The van der Waals surface area contributed by atoms with Gasteiger partial charge < -0.3 is 10.1 Å². The lowest BCUT2D eigenvalue weighted by molar-refractivity contribution is -0.121. The van der Waals surface area contributed by atoms with Crippen molar-refractivity contribution in [3.05, 3.63) is 60.2 Å². The number of hydrogen-bond donors (Lipinski definition) is 1. The quantitative estimate of drug-likeness (QED) is 0.718. The molecule has 0 unspecified atom stereocenters. The summed E-state index contributed by atoms with van der Waals surface area (Å²) in [4.78, 5) is 12.4. The Morgan fingerprint density at radius 1 is 1.15 bits per heavy atom. The summed E-state index contributed by atoms with van der Waals surface area (Å²) in [5, 5.41) is 2.72. The molecular formula is C19H24N2O4S. The SMILES string of the molecule is Cc1cccc(OCCNC(=O)[C@H](C)N(c2ccccc2)S(C)(=O)=O)c1. The Hall–Kier alpha value is -2.54. The zero-order valence-corrected chi connectivity index (χ0v) is 16.0. The third kappa shape index (κ3) is 5.49. The molecule has 0 aromatic heterocycles. The lowest BCUT2D eigenvalue weighted by Crippen LogP contribution is -2.48. The predicted molar refractivity (Wildman–Crippen MR) is 103 cm³/mol. The maximum atomic E-state index is 12.4. The van der Waals surface area contributed by atoms with Gasteiger partial charge >= 0.3 is 0 Å². The number of carbonyl (C=O) groups excluding carboxylic acids is 1. The van der Waals surface area contributed by atoms with Crippen LogP contribution in [-0.4, -0.2) is 39.8 Å². The summed E-state index contributed by atoms with van der Waals surface area (Å²) >= 11 is 0. The van der Waals surface area contributed by atoms with Gasteiger partial charge in [0.25, 0.3) is 0 Å². The van der Waals surface area contributed by atoms with Gasteiger partial charge in [0.05, 0.1) is 18.5 Å². The highest BCUT2D eigenvalue weighted by Gasteiger charge is 2.28. The van der Waals surface area contributed by atoms with Gasteiger partial charge in [-0.25, -0.2) is 8.42 Å². The Kier molecular flexibility index (Phi) is 6.63. The van der Waals surface area contributed by atoms with Gasteiger partial charge in [0, 0.05) is 0 Å². The first-order valence-electron chi connectivity index (χ1n) is 8.30. The Labute approximate surface area is 154 Å². The number of aryl methyl sites for hydroxylation is 1. The molecule has 2 rings (SSSR count). The summed E-state index contributed by atoms with van der Waals surface area (Å²) < 4.78 is 31.0. The number of benzene rings is 2. The Morgan fingerprint density at radius 2 is 1.85 bits per heavy atom. The minimum atomic E-state index is -3.60. The lowest BCUT2D eigenvalue weighted by atomic mass is 10.2. The Morgan fingerprint density at radius 3 is 2.46 bits per heavy atom. The zero-order chi connectivity index (χ0) is 19.2. The lowest BCUT2D eigenvalue weighted by Gasteiger charge is -2.28. The first-order chi connectivity index (χ1) is 12.3. The molecule has 1 amide bonds. The molecule has 0 fully saturated rings. The summed E-state index contributed by atoms with van der Waals surface area (Å²) in [6.07, 6.45) is 1.09. The average molecular weight is 376 g/mol. The van der Waals surface area contributed by atoms with Crippen molar-refractivity contribution in [2.45, 2.75) is 19.9 Å². The van der Waals surface area contributed by atoms with Gasteiger partial charge in [-0.15, -0.1) is 0 Å². The molecule has 0 radical (unpaired) electrons. The number of nitrogens with zero attached hydrogens (tertiary/aromatic N) is 1. The second-order valence-corrected chi connectivity index (χ2v) is 7.89. The molecule has 7 heteroatoms. The number of amides is 1. The molecule has 140 valence electrons. The summed E-state index contributed by atoms with van der Waals surface area (Å²) in [6.45, 7) is 4.11. The molecule has 6 nitrogen and oxygen atoms in total. The van der Waals surface area contributed by atoms with Gasteiger partial charge in [0.2, 0.25) is 15.9 Å². The van der Waals surface area contributed by atoms with Crippen molar-refractivity contribution in [2.75, 3.05) is 23.7 Å². The summed E-state index contributed by atoms with van der Waals surface area (Å²) in [6, 6.07) is 15.3. The molecule has 0 aliphatic heterocycles. The van der Waals surface area contributed by atoms with Gasteiger partial charge in [0.15, 0.2) is 0 Å². The topological polar surface area (TPSA) is 75.7 Å². The Balaban J connectivity index is 1.94. The molecule has 0 aliphatic carbocycles. The molecule has 1 atom stereocenters. The van der Waals surface area contributed by atoms with Crippen LogP contribution >= 0.6 is 0 Å². The molecular weight excluding hydrogens is 352 g/mol. The zero-order valence-electron chi connectivity index (χ0n) is 15.2. The van der Waals surface area contributed by atoms with Crippen molar-refractivity contribution in [1.29, 1.82) is 0 Å². The van der Waals surface area contributed by atoms with E-state index < -0.39 is 16.1 Å². The van der Waals surface area contributed by atoms with Gasteiger partial charge in [-0.05, 0) is 43.7 Å². The number of carbonyl (C=O) groups is 1. The fraction of sp³-hybridized carbons (Fsp3) is 0.316. The van der Waals surface area contributed by atoms with Crippen molar-refractivity contribution in [3.63, 3.8) is 0 Å². The predicted octanol–water partition coefficient (Wildman–Crippen LogP) is 2.34. The molecule has 0 saturated carbocycles. The smallest absolute Gasteiger partial charge is 0.243 e.